The van der Waals surface area contributed by atoms with Crippen LogP contribution in [0.15, 0.2) is 53.8 Å². The third-order valence-corrected chi connectivity index (χ3v) is 6.23. The minimum Gasteiger partial charge on any atom is -0.510 e. The molecule has 0 aromatic heterocycles. The predicted octanol–water partition coefficient (Wildman–Crippen LogP) is 2.21. The Kier molecular flexibility index (Phi) is 8.55. The molecule has 9 nitrogen and oxygen atoms in total. The van der Waals surface area contributed by atoms with Gasteiger partial charge in [0.1, 0.15) is 23.0 Å². The van der Waals surface area contributed by atoms with Crippen LogP contribution < -0.4 is 5.73 Å². The van der Waals surface area contributed by atoms with Gasteiger partial charge in [0.2, 0.25) is 12.3 Å². The van der Waals surface area contributed by atoms with Crippen LogP contribution in [0.5, 0.6) is 0 Å². The van der Waals surface area contributed by atoms with Gasteiger partial charge in [-0.15, -0.1) is 0 Å². The number of amides is 3. The van der Waals surface area contributed by atoms with Crippen LogP contribution in [0.25, 0.3) is 0 Å². The summed E-state index contributed by atoms with van der Waals surface area (Å²) < 4.78 is 13.3. The smallest absolute Gasteiger partial charge is 0.260 e. The number of carbonyl (C=O) groups excluding carboxylic acids is 3. The van der Waals surface area contributed by atoms with E-state index in [2.05, 4.69) is 0 Å². The summed E-state index contributed by atoms with van der Waals surface area (Å²) in [5, 5.41) is 19.7. The molecule has 0 bridgehead atoms. The molecule has 0 unspecified atom stereocenters. The number of likely N-dealkylation sites (N-methyl/N-ethyl adjacent to an activating group) is 1. The SMILES string of the molecule is CCN(C)C(=O)/C(C(=N)N(C=O)Cc1ccc(F)cc1)=C(\O)CN1CCc2cccc(C(N)=O)c2C1. The van der Waals surface area contributed by atoms with Crippen molar-refractivity contribution >= 4 is 24.1 Å². The molecular weight excluding hydrogens is 465 g/mol. The Labute approximate surface area is 209 Å². The highest BCUT2D eigenvalue weighted by molar-refractivity contribution is 6.21. The van der Waals surface area contributed by atoms with Crippen molar-refractivity contribution in [2.45, 2.75) is 26.4 Å². The molecule has 2 aromatic carbocycles. The fourth-order valence-corrected chi connectivity index (χ4v) is 4.09. The molecule has 0 spiro atoms. The van der Waals surface area contributed by atoms with E-state index in [1.165, 1.54) is 36.2 Å². The second kappa shape index (κ2) is 11.6. The summed E-state index contributed by atoms with van der Waals surface area (Å²) in [5.74, 6) is -2.42. The number of carbonyl (C=O) groups is 3. The molecule has 3 rings (SSSR count). The number of hydrogen-bond acceptors (Lipinski definition) is 6. The Morgan fingerprint density at radius 3 is 2.53 bits per heavy atom. The Morgan fingerprint density at radius 1 is 1.22 bits per heavy atom. The number of halogens is 1. The number of benzene rings is 2. The van der Waals surface area contributed by atoms with Gasteiger partial charge >= 0.3 is 0 Å². The molecular formula is C26H30FN5O4. The minimum absolute atomic E-state index is 0.0726. The number of nitrogens with one attached hydrogen (secondary N) is 1. The molecule has 1 aliphatic rings. The molecule has 0 saturated carbocycles. The zero-order valence-corrected chi connectivity index (χ0v) is 20.3. The Morgan fingerprint density at radius 2 is 1.92 bits per heavy atom. The van der Waals surface area contributed by atoms with E-state index >= 15 is 0 Å². The van der Waals surface area contributed by atoms with Crippen LogP contribution in [0.3, 0.4) is 0 Å². The summed E-state index contributed by atoms with van der Waals surface area (Å²) in [5.41, 5.74) is 7.94. The van der Waals surface area contributed by atoms with E-state index in [0.717, 1.165) is 16.0 Å². The van der Waals surface area contributed by atoms with Crippen molar-refractivity contribution in [1.29, 1.82) is 5.41 Å². The van der Waals surface area contributed by atoms with Crippen molar-refractivity contribution in [2.24, 2.45) is 5.73 Å². The van der Waals surface area contributed by atoms with Crippen LogP contribution in [0.1, 0.15) is 34.0 Å². The van der Waals surface area contributed by atoms with Gasteiger partial charge in [-0.2, -0.15) is 0 Å². The van der Waals surface area contributed by atoms with E-state index in [0.29, 0.717) is 43.6 Å². The van der Waals surface area contributed by atoms with Gasteiger partial charge in [0.25, 0.3) is 5.91 Å². The fourth-order valence-electron chi connectivity index (χ4n) is 4.09. The molecule has 2 aromatic rings. The molecule has 1 aliphatic heterocycles. The first-order chi connectivity index (χ1) is 17.2. The van der Waals surface area contributed by atoms with Crippen molar-refractivity contribution in [3.8, 4) is 0 Å². The van der Waals surface area contributed by atoms with Crippen LogP contribution in [0, 0.1) is 11.2 Å². The van der Waals surface area contributed by atoms with Crippen molar-refractivity contribution in [1.82, 2.24) is 14.7 Å². The number of amidine groups is 1. The zero-order valence-electron chi connectivity index (χ0n) is 20.3. The summed E-state index contributed by atoms with van der Waals surface area (Å²) >= 11 is 0. The Balaban J connectivity index is 1.91. The van der Waals surface area contributed by atoms with Crippen LogP contribution in [-0.2, 0) is 29.1 Å². The van der Waals surface area contributed by atoms with Crippen molar-refractivity contribution in [3.63, 3.8) is 0 Å². The van der Waals surface area contributed by atoms with Gasteiger partial charge in [0.15, 0.2) is 0 Å². The monoisotopic (exact) mass is 495 g/mol. The summed E-state index contributed by atoms with van der Waals surface area (Å²) in [7, 11) is 1.53. The van der Waals surface area contributed by atoms with Crippen LogP contribution >= 0.6 is 0 Å². The maximum atomic E-state index is 13.3. The Hall–Kier alpha value is -4.05. The molecule has 3 amide bonds. The molecule has 1 heterocycles. The molecule has 0 radical (unpaired) electrons. The Bertz CT molecular complexity index is 1200. The number of primary amides is 1. The molecule has 10 heteroatoms. The maximum Gasteiger partial charge on any atom is 0.260 e. The maximum absolute atomic E-state index is 13.3. The lowest BCUT2D eigenvalue weighted by Crippen LogP contribution is -2.40. The second-order valence-electron chi connectivity index (χ2n) is 8.62. The zero-order chi connectivity index (χ0) is 26.4. The fraction of sp³-hybridized carbons (Fsp3) is 0.308. The highest BCUT2D eigenvalue weighted by Crippen LogP contribution is 2.24. The number of nitrogens with zero attached hydrogens (tertiary/aromatic N) is 3. The number of aliphatic hydroxyl groups is 1. The molecule has 0 atom stereocenters. The van der Waals surface area contributed by atoms with Gasteiger partial charge in [-0.05, 0) is 48.2 Å². The average Bonchev–Trinajstić information content (AvgIpc) is 2.87. The molecule has 0 saturated heterocycles. The lowest BCUT2D eigenvalue weighted by molar-refractivity contribution is -0.125. The van der Waals surface area contributed by atoms with E-state index in [4.69, 9.17) is 11.1 Å². The third kappa shape index (κ3) is 5.95. The van der Waals surface area contributed by atoms with Crippen LogP contribution in [0.2, 0.25) is 0 Å². The first-order valence-electron chi connectivity index (χ1n) is 11.5. The predicted molar refractivity (Wildman–Crippen MR) is 133 cm³/mol. The number of fused-ring (bicyclic) bond motifs is 1. The number of hydrogen-bond donors (Lipinski definition) is 3. The summed E-state index contributed by atoms with van der Waals surface area (Å²) in [4.78, 5) is 41.1. The number of rotatable bonds is 9. The summed E-state index contributed by atoms with van der Waals surface area (Å²) in [6.45, 7) is 2.78. The average molecular weight is 496 g/mol. The molecule has 4 N–H and O–H groups in total. The van der Waals surface area contributed by atoms with Crippen molar-refractivity contribution in [2.75, 3.05) is 26.7 Å². The number of nitrogens with two attached hydrogens (primary N) is 1. The quantitative estimate of drug-likeness (QED) is 0.161. The highest BCUT2D eigenvalue weighted by atomic mass is 19.1. The van der Waals surface area contributed by atoms with E-state index in [1.54, 1.807) is 19.1 Å². The van der Waals surface area contributed by atoms with E-state index in [9.17, 15) is 23.9 Å². The molecule has 190 valence electrons. The normalized spacial score (nSPS) is 13.9. The van der Waals surface area contributed by atoms with Crippen LogP contribution in [-0.4, -0.2) is 70.5 Å². The highest BCUT2D eigenvalue weighted by Gasteiger charge is 2.29. The standard InChI is InChI=1S/C26H30FN5O4/c1-3-30(2)26(36)23(24(28)32(16-33)13-17-7-9-19(27)10-8-17)22(34)15-31-12-11-18-5-4-6-20(25(29)35)21(18)14-31/h4-10,16,28,34H,3,11-15H2,1-2H3,(H2,29,35)/b23-22-,28-24?. The van der Waals surface area contributed by atoms with Gasteiger partial charge in [0, 0.05) is 32.2 Å². The van der Waals surface area contributed by atoms with Crippen molar-refractivity contribution < 1.29 is 23.9 Å². The van der Waals surface area contributed by atoms with Gasteiger partial charge in [0.05, 0.1) is 13.1 Å². The minimum atomic E-state index is -0.610. The lowest BCUT2D eigenvalue weighted by Gasteiger charge is -2.30. The number of aliphatic hydroxyl groups excluding tert-OH is 1. The van der Waals surface area contributed by atoms with Gasteiger partial charge in [-0.3, -0.25) is 29.6 Å². The summed E-state index contributed by atoms with van der Waals surface area (Å²) in [6.07, 6.45) is 1.01. The van der Waals surface area contributed by atoms with Crippen LogP contribution in [0.4, 0.5) is 4.39 Å². The van der Waals surface area contributed by atoms with E-state index < -0.39 is 23.5 Å². The molecule has 0 aliphatic carbocycles. The molecule has 36 heavy (non-hydrogen) atoms. The van der Waals surface area contributed by atoms with Gasteiger partial charge in [-0.1, -0.05) is 24.3 Å². The second-order valence-corrected chi connectivity index (χ2v) is 8.62. The van der Waals surface area contributed by atoms with Gasteiger partial charge in [-0.25, -0.2) is 4.39 Å². The van der Waals surface area contributed by atoms with E-state index in [-0.39, 0.29) is 24.4 Å². The molecule has 0 fully saturated rings. The van der Waals surface area contributed by atoms with E-state index in [1.807, 2.05) is 11.0 Å². The summed E-state index contributed by atoms with van der Waals surface area (Å²) in [6, 6.07) is 10.8. The third-order valence-electron chi connectivity index (χ3n) is 6.23. The first-order valence-corrected chi connectivity index (χ1v) is 11.5. The largest absolute Gasteiger partial charge is 0.510 e. The topological polar surface area (TPSA) is 131 Å². The first kappa shape index (κ1) is 26.6. The van der Waals surface area contributed by atoms with Gasteiger partial charge < -0.3 is 15.7 Å². The van der Waals surface area contributed by atoms with Crippen molar-refractivity contribution in [3.05, 3.63) is 81.9 Å². The lowest BCUT2D eigenvalue weighted by atomic mass is 9.94.